The van der Waals surface area contributed by atoms with Gasteiger partial charge in [-0.25, -0.2) is 0 Å². The molecule has 1 amide bonds. The average molecular weight is 387 g/mol. The minimum absolute atomic E-state index is 0.0799. The van der Waals surface area contributed by atoms with Crippen molar-refractivity contribution in [3.8, 4) is 0 Å². The van der Waals surface area contributed by atoms with Gasteiger partial charge in [0.2, 0.25) is 0 Å². The lowest BCUT2D eigenvalue weighted by Crippen LogP contribution is -2.26. The Morgan fingerprint density at radius 3 is 2.75 bits per heavy atom. The second-order valence-electron chi connectivity index (χ2n) is 6.79. The second-order valence-corrected chi connectivity index (χ2v) is 7.64. The molecule has 1 aliphatic carbocycles. The maximum absolute atomic E-state index is 12.4. The van der Waals surface area contributed by atoms with E-state index in [2.05, 4.69) is 52.4 Å². The molecule has 24 heavy (non-hydrogen) atoms. The number of amides is 1. The molecule has 3 rings (SSSR count). The van der Waals surface area contributed by atoms with Gasteiger partial charge in [0.05, 0.1) is 5.56 Å². The molecule has 1 aliphatic rings. The number of carbonyl (C=O) groups excluding carboxylic acids is 1. The third-order valence-electron chi connectivity index (χ3n) is 4.54. The fourth-order valence-electron chi connectivity index (χ4n) is 3.42. The lowest BCUT2D eigenvalue weighted by Gasteiger charge is -2.27. The van der Waals surface area contributed by atoms with Crippen molar-refractivity contribution in [2.75, 3.05) is 26.0 Å². The van der Waals surface area contributed by atoms with Gasteiger partial charge >= 0.3 is 0 Å². The predicted molar refractivity (Wildman–Crippen MR) is 103 cm³/mol. The minimum atomic E-state index is -0.0799. The molecule has 2 aromatic rings. The van der Waals surface area contributed by atoms with Crippen molar-refractivity contribution in [2.24, 2.45) is 5.92 Å². The standard InChI is InChI=1S/C20H23BrN2O/c1-23(2)13-14-7-8-16-12-17(10-9-15(16)11-14)22-20(24)18-5-3-4-6-19(18)21/h3-6,9-10,12,14H,7-8,11,13H2,1-2H3,(H,22,24). The number of halogens is 1. The van der Waals surface area contributed by atoms with E-state index < -0.39 is 0 Å². The zero-order valence-electron chi connectivity index (χ0n) is 14.2. The molecule has 126 valence electrons. The molecule has 0 aliphatic heterocycles. The number of hydrogen-bond donors (Lipinski definition) is 1. The number of carbonyl (C=O) groups is 1. The molecule has 0 radical (unpaired) electrons. The summed E-state index contributed by atoms with van der Waals surface area (Å²) in [4.78, 5) is 14.7. The Balaban J connectivity index is 1.71. The molecule has 1 unspecified atom stereocenters. The number of fused-ring (bicyclic) bond motifs is 1. The van der Waals surface area contributed by atoms with Crippen LogP contribution in [0.4, 0.5) is 5.69 Å². The van der Waals surface area contributed by atoms with Crippen LogP contribution in [-0.4, -0.2) is 31.4 Å². The first-order valence-electron chi connectivity index (χ1n) is 8.35. The van der Waals surface area contributed by atoms with Crippen LogP contribution in [0.3, 0.4) is 0 Å². The van der Waals surface area contributed by atoms with Crippen molar-refractivity contribution < 1.29 is 4.79 Å². The van der Waals surface area contributed by atoms with E-state index in [0.717, 1.165) is 35.5 Å². The minimum Gasteiger partial charge on any atom is -0.322 e. The number of anilines is 1. The summed E-state index contributed by atoms with van der Waals surface area (Å²) in [6, 6.07) is 13.8. The third-order valence-corrected chi connectivity index (χ3v) is 5.23. The lowest BCUT2D eigenvalue weighted by atomic mass is 9.83. The van der Waals surface area contributed by atoms with Gasteiger partial charge < -0.3 is 10.2 Å². The molecule has 0 saturated heterocycles. The average Bonchev–Trinajstić information content (AvgIpc) is 2.54. The van der Waals surface area contributed by atoms with E-state index in [1.807, 2.05) is 30.3 Å². The molecular formula is C20H23BrN2O. The Hall–Kier alpha value is -1.65. The maximum Gasteiger partial charge on any atom is 0.256 e. The monoisotopic (exact) mass is 386 g/mol. The van der Waals surface area contributed by atoms with Crippen LogP contribution in [0.1, 0.15) is 27.9 Å². The number of nitrogens with zero attached hydrogens (tertiary/aromatic N) is 1. The molecule has 0 saturated carbocycles. The van der Waals surface area contributed by atoms with Crippen LogP contribution in [0.15, 0.2) is 46.9 Å². The van der Waals surface area contributed by atoms with E-state index in [0.29, 0.717) is 5.56 Å². The van der Waals surface area contributed by atoms with Crippen molar-refractivity contribution in [3.05, 3.63) is 63.6 Å². The van der Waals surface area contributed by atoms with Crippen LogP contribution >= 0.6 is 15.9 Å². The normalized spacial score (nSPS) is 16.8. The number of hydrogen-bond acceptors (Lipinski definition) is 2. The Morgan fingerprint density at radius 2 is 2.00 bits per heavy atom. The summed E-state index contributed by atoms with van der Waals surface area (Å²) in [6.45, 7) is 1.14. The molecule has 3 nitrogen and oxygen atoms in total. The van der Waals surface area contributed by atoms with Crippen LogP contribution < -0.4 is 5.32 Å². The van der Waals surface area contributed by atoms with Crippen molar-refractivity contribution in [3.63, 3.8) is 0 Å². The molecule has 0 fully saturated rings. The molecule has 0 heterocycles. The van der Waals surface area contributed by atoms with Crippen LogP contribution in [0.25, 0.3) is 0 Å². The van der Waals surface area contributed by atoms with Crippen LogP contribution in [0, 0.1) is 5.92 Å². The Bertz CT molecular complexity index is 742. The number of rotatable bonds is 4. The summed E-state index contributed by atoms with van der Waals surface area (Å²) in [6.07, 6.45) is 3.44. The van der Waals surface area contributed by atoms with E-state index in [1.165, 1.54) is 17.5 Å². The second kappa shape index (κ2) is 7.49. The van der Waals surface area contributed by atoms with E-state index in [9.17, 15) is 4.79 Å². The summed E-state index contributed by atoms with van der Waals surface area (Å²) in [5.74, 6) is 0.650. The fraction of sp³-hybridized carbons (Fsp3) is 0.350. The summed E-state index contributed by atoms with van der Waals surface area (Å²) in [5.41, 5.74) is 4.32. The Labute approximate surface area is 152 Å². The molecule has 0 spiro atoms. The van der Waals surface area contributed by atoms with E-state index >= 15 is 0 Å². The van der Waals surface area contributed by atoms with Gasteiger partial charge in [-0.2, -0.15) is 0 Å². The fourth-order valence-corrected chi connectivity index (χ4v) is 3.89. The Morgan fingerprint density at radius 1 is 1.21 bits per heavy atom. The van der Waals surface area contributed by atoms with Crippen molar-refractivity contribution in [1.29, 1.82) is 0 Å². The molecule has 0 aromatic heterocycles. The summed E-state index contributed by atoms with van der Waals surface area (Å²) in [5, 5.41) is 3.02. The van der Waals surface area contributed by atoms with E-state index in [1.54, 1.807) is 0 Å². The third kappa shape index (κ3) is 4.05. The summed E-state index contributed by atoms with van der Waals surface area (Å²) >= 11 is 3.43. The van der Waals surface area contributed by atoms with Crippen LogP contribution in [0.5, 0.6) is 0 Å². The van der Waals surface area contributed by atoms with Gasteiger partial charge in [-0.1, -0.05) is 18.2 Å². The Kier molecular flexibility index (Phi) is 5.36. The first kappa shape index (κ1) is 17.2. The van der Waals surface area contributed by atoms with Crippen LogP contribution in [0.2, 0.25) is 0 Å². The zero-order valence-corrected chi connectivity index (χ0v) is 15.8. The molecule has 1 N–H and O–H groups in total. The van der Waals surface area contributed by atoms with Gasteiger partial charge in [0, 0.05) is 16.7 Å². The lowest BCUT2D eigenvalue weighted by molar-refractivity contribution is 0.102. The zero-order chi connectivity index (χ0) is 17.1. The smallest absolute Gasteiger partial charge is 0.256 e. The molecular weight excluding hydrogens is 364 g/mol. The topological polar surface area (TPSA) is 32.3 Å². The summed E-state index contributed by atoms with van der Waals surface area (Å²) in [7, 11) is 4.27. The van der Waals surface area contributed by atoms with Crippen molar-refractivity contribution in [1.82, 2.24) is 4.90 Å². The van der Waals surface area contributed by atoms with Gasteiger partial charge in [-0.05, 0) is 90.6 Å². The summed E-state index contributed by atoms with van der Waals surface area (Å²) < 4.78 is 0.812. The molecule has 4 heteroatoms. The van der Waals surface area contributed by atoms with E-state index in [-0.39, 0.29) is 5.91 Å². The maximum atomic E-state index is 12.4. The van der Waals surface area contributed by atoms with Gasteiger partial charge in [0.25, 0.3) is 5.91 Å². The molecule has 0 bridgehead atoms. The van der Waals surface area contributed by atoms with Gasteiger partial charge in [0.15, 0.2) is 0 Å². The highest BCUT2D eigenvalue weighted by Crippen LogP contribution is 2.28. The van der Waals surface area contributed by atoms with Crippen molar-refractivity contribution >= 4 is 27.5 Å². The van der Waals surface area contributed by atoms with Gasteiger partial charge in [-0.3, -0.25) is 4.79 Å². The van der Waals surface area contributed by atoms with Crippen LogP contribution in [-0.2, 0) is 12.8 Å². The van der Waals surface area contributed by atoms with Crippen molar-refractivity contribution in [2.45, 2.75) is 19.3 Å². The highest BCUT2D eigenvalue weighted by molar-refractivity contribution is 9.10. The quantitative estimate of drug-likeness (QED) is 0.845. The number of aryl methyl sites for hydroxylation is 1. The highest BCUT2D eigenvalue weighted by atomic mass is 79.9. The first-order valence-corrected chi connectivity index (χ1v) is 9.14. The largest absolute Gasteiger partial charge is 0.322 e. The SMILES string of the molecule is CN(C)CC1CCc2cc(NC(=O)c3ccccc3Br)ccc2C1. The number of benzene rings is 2. The van der Waals surface area contributed by atoms with Gasteiger partial charge in [0.1, 0.15) is 0 Å². The molecule has 2 aromatic carbocycles. The first-order chi connectivity index (χ1) is 11.5. The van der Waals surface area contributed by atoms with Gasteiger partial charge in [-0.15, -0.1) is 0 Å². The van der Waals surface area contributed by atoms with E-state index in [4.69, 9.17) is 0 Å². The molecule has 1 atom stereocenters. The predicted octanol–water partition coefficient (Wildman–Crippen LogP) is 4.37. The highest BCUT2D eigenvalue weighted by Gasteiger charge is 2.20. The number of nitrogens with one attached hydrogen (secondary N) is 1.